The third-order valence-corrected chi connectivity index (χ3v) is 9.80. The van der Waals surface area contributed by atoms with Crippen molar-refractivity contribution in [3.8, 4) is 0 Å². The molecule has 0 saturated heterocycles. The normalized spacial score (nSPS) is 25.5. The van der Waals surface area contributed by atoms with Gasteiger partial charge in [0.2, 0.25) is 0 Å². The van der Waals surface area contributed by atoms with Gasteiger partial charge in [-0.05, 0) is 62.8 Å². The molecule has 1 aromatic carbocycles. The second kappa shape index (κ2) is 5.05. The van der Waals surface area contributed by atoms with Gasteiger partial charge in [0.05, 0.1) is 0 Å². The van der Waals surface area contributed by atoms with Crippen LogP contribution in [0.15, 0.2) is 28.0 Å². The Morgan fingerprint density at radius 2 is 1.67 bits per heavy atom. The molecule has 0 spiro atoms. The number of alkyl halides is 3. The molecule has 5 heteroatoms. The summed E-state index contributed by atoms with van der Waals surface area (Å²) in [7, 11) is -3.13. The summed E-state index contributed by atoms with van der Waals surface area (Å²) in [6, 6.07) is 5.49. The largest absolute Gasteiger partial charge is 0.442 e. The van der Waals surface area contributed by atoms with Crippen molar-refractivity contribution in [1.29, 1.82) is 0 Å². The maximum Gasteiger partial charge on any atom is 0.442 e. The Hall–Kier alpha value is -0.420. The van der Waals surface area contributed by atoms with Gasteiger partial charge in [-0.2, -0.15) is 13.2 Å². The summed E-state index contributed by atoms with van der Waals surface area (Å²) in [5.74, 6) is -0.147. The van der Waals surface area contributed by atoms with Crippen LogP contribution in [0.3, 0.4) is 0 Å². The summed E-state index contributed by atoms with van der Waals surface area (Å²) in [4.78, 5) is 0.849. The van der Waals surface area contributed by atoms with E-state index >= 15 is 0 Å². The number of allylic oxidation sites excluding steroid dienone is 1. The van der Waals surface area contributed by atoms with Gasteiger partial charge in [-0.3, -0.25) is 0 Å². The van der Waals surface area contributed by atoms with E-state index in [4.69, 9.17) is 0 Å². The van der Waals surface area contributed by atoms with Crippen LogP contribution < -0.4 is 0 Å². The minimum atomic E-state index is -4.29. The van der Waals surface area contributed by atoms with Crippen molar-refractivity contribution in [2.24, 2.45) is 5.92 Å². The maximum absolute atomic E-state index is 13.8. The first-order valence-electron chi connectivity index (χ1n) is 6.84. The molecule has 1 aliphatic rings. The standard InChI is InChI=1S/C16H20BrF3S/c1-10(2)13-8-11-6-7-12(15(3,4)5)9-14(11)21(13,17)16(18,19)20/h6-10H,1-5H3. The monoisotopic (exact) mass is 380 g/mol. The van der Waals surface area contributed by atoms with Crippen LogP contribution in [-0.4, -0.2) is 5.51 Å². The lowest BCUT2D eigenvalue weighted by atomic mass is 9.86. The van der Waals surface area contributed by atoms with Gasteiger partial charge in [0.25, 0.3) is 0 Å². The van der Waals surface area contributed by atoms with Crippen molar-refractivity contribution in [1.82, 2.24) is 0 Å². The molecule has 1 heterocycles. The van der Waals surface area contributed by atoms with Crippen molar-refractivity contribution in [3.63, 3.8) is 0 Å². The molecule has 1 unspecified atom stereocenters. The highest BCUT2D eigenvalue weighted by molar-refractivity contribution is 9.59. The summed E-state index contributed by atoms with van der Waals surface area (Å²) in [5, 5.41) is 0. The molecular formula is C16H20BrF3S. The Labute approximate surface area is 133 Å². The molecule has 1 aromatic rings. The molecule has 0 saturated carbocycles. The van der Waals surface area contributed by atoms with Gasteiger partial charge in [-0.25, -0.2) is 0 Å². The molecule has 1 atom stereocenters. The Morgan fingerprint density at radius 3 is 2.10 bits per heavy atom. The van der Waals surface area contributed by atoms with Gasteiger partial charge in [-0.15, -0.1) is 0 Å². The summed E-state index contributed by atoms with van der Waals surface area (Å²) < 4.78 is 41.4. The van der Waals surface area contributed by atoms with Crippen LogP contribution in [0.4, 0.5) is 13.2 Å². The molecule has 1 aliphatic heterocycles. The molecule has 0 amide bonds. The fraction of sp³-hybridized carbons (Fsp3) is 0.500. The Morgan fingerprint density at radius 1 is 1.10 bits per heavy atom. The van der Waals surface area contributed by atoms with E-state index in [2.05, 4.69) is 14.8 Å². The number of hydrogen-bond donors (Lipinski definition) is 0. The molecule has 0 fully saturated rings. The minimum Gasteiger partial charge on any atom is -0.160 e. The van der Waals surface area contributed by atoms with E-state index in [1.807, 2.05) is 46.8 Å². The van der Waals surface area contributed by atoms with Crippen molar-refractivity contribution < 1.29 is 13.2 Å². The highest BCUT2D eigenvalue weighted by Gasteiger charge is 2.55. The zero-order valence-electron chi connectivity index (χ0n) is 12.8. The Balaban J connectivity index is 2.70. The zero-order valence-corrected chi connectivity index (χ0v) is 15.2. The number of halogens is 4. The van der Waals surface area contributed by atoms with Crippen molar-refractivity contribution in [2.75, 3.05) is 0 Å². The van der Waals surface area contributed by atoms with Gasteiger partial charge >= 0.3 is 5.51 Å². The van der Waals surface area contributed by atoms with Crippen LogP contribution in [0.2, 0.25) is 0 Å². The van der Waals surface area contributed by atoms with E-state index in [-0.39, 0.29) is 11.3 Å². The second-order valence-corrected chi connectivity index (χ2v) is 12.1. The van der Waals surface area contributed by atoms with E-state index < -0.39 is 14.0 Å². The summed E-state index contributed by atoms with van der Waals surface area (Å²) in [5.41, 5.74) is -2.84. The van der Waals surface area contributed by atoms with Crippen molar-refractivity contribution in [3.05, 3.63) is 34.2 Å². The molecule has 0 nitrogen and oxygen atoms in total. The van der Waals surface area contributed by atoms with Gasteiger partial charge in [-0.1, -0.05) is 46.8 Å². The summed E-state index contributed by atoms with van der Waals surface area (Å²) in [6.07, 6.45) is 1.71. The lowest BCUT2D eigenvalue weighted by molar-refractivity contribution is -0.0356. The van der Waals surface area contributed by atoms with Crippen molar-refractivity contribution in [2.45, 2.75) is 50.4 Å². The SMILES string of the molecule is CC(C)C1=Cc2ccc(C(C)(C)C)cc2S1(Br)C(F)(F)F. The number of fused-ring (bicyclic) bond motifs is 1. The topological polar surface area (TPSA) is 0 Å². The number of hydrogen-bond acceptors (Lipinski definition) is 0. The second-order valence-electron chi connectivity index (χ2n) is 6.69. The molecule has 0 radical (unpaired) electrons. The van der Waals surface area contributed by atoms with E-state index in [0.29, 0.717) is 15.4 Å². The first-order valence-corrected chi connectivity index (χ1v) is 10.3. The van der Waals surface area contributed by atoms with E-state index in [0.717, 1.165) is 5.56 Å². The van der Waals surface area contributed by atoms with Crippen LogP contribution in [0.25, 0.3) is 6.08 Å². The molecule has 0 N–H and O–H groups in total. The average Bonchev–Trinajstić information content (AvgIpc) is 2.62. The van der Waals surface area contributed by atoms with Crippen LogP contribution in [0, 0.1) is 5.92 Å². The fourth-order valence-corrected chi connectivity index (χ4v) is 7.17. The zero-order chi connectivity index (χ0) is 16.2. The van der Waals surface area contributed by atoms with Crippen molar-refractivity contribution >= 4 is 29.4 Å². The molecule has 0 aromatic heterocycles. The summed E-state index contributed by atoms with van der Waals surface area (Å²) >= 11 is 3.12. The van der Waals surface area contributed by atoms with E-state index in [1.54, 1.807) is 12.1 Å². The maximum atomic E-state index is 13.8. The molecule has 21 heavy (non-hydrogen) atoms. The predicted octanol–water partition coefficient (Wildman–Crippen LogP) is 6.99. The van der Waals surface area contributed by atoms with Gasteiger partial charge in [0.1, 0.15) is 0 Å². The molecule has 0 aliphatic carbocycles. The third kappa shape index (κ3) is 2.67. The van der Waals surface area contributed by atoms with E-state index in [9.17, 15) is 13.2 Å². The lowest BCUT2D eigenvalue weighted by Gasteiger charge is -2.37. The number of rotatable bonds is 1. The average molecular weight is 381 g/mol. The fourth-order valence-electron chi connectivity index (χ4n) is 2.47. The third-order valence-electron chi connectivity index (χ3n) is 3.69. The predicted molar refractivity (Wildman–Crippen MR) is 88.8 cm³/mol. The quantitative estimate of drug-likeness (QED) is 0.492. The number of benzene rings is 1. The van der Waals surface area contributed by atoms with Crippen LogP contribution >= 0.6 is 23.3 Å². The highest BCUT2D eigenvalue weighted by Crippen LogP contribution is 2.82. The van der Waals surface area contributed by atoms with Crippen LogP contribution in [-0.2, 0) is 5.41 Å². The Bertz CT molecular complexity index is 597. The Kier molecular flexibility index (Phi) is 4.08. The first kappa shape index (κ1) is 16.9. The van der Waals surface area contributed by atoms with Gasteiger partial charge in [0.15, 0.2) is 0 Å². The van der Waals surface area contributed by atoms with E-state index in [1.165, 1.54) is 0 Å². The lowest BCUT2D eigenvalue weighted by Crippen LogP contribution is -2.19. The van der Waals surface area contributed by atoms with Crippen LogP contribution in [0.5, 0.6) is 0 Å². The minimum absolute atomic E-state index is 0.147. The van der Waals surface area contributed by atoms with Gasteiger partial charge in [0, 0.05) is 4.90 Å². The first-order chi connectivity index (χ1) is 9.39. The molecule has 0 bridgehead atoms. The van der Waals surface area contributed by atoms with Gasteiger partial charge < -0.3 is 0 Å². The molecule has 2 rings (SSSR count). The summed E-state index contributed by atoms with van der Waals surface area (Å²) in [6.45, 7) is 9.67. The smallest absolute Gasteiger partial charge is 0.160 e. The highest BCUT2D eigenvalue weighted by atomic mass is 79.9. The molecule has 118 valence electrons. The van der Waals surface area contributed by atoms with Crippen LogP contribution in [0.1, 0.15) is 45.7 Å². The molecular weight excluding hydrogens is 361 g/mol.